The van der Waals surface area contributed by atoms with E-state index in [1.54, 1.807) is 0 Å². The minimum atomic E-state index is -0.267. The van der Waals surface area contributed by atoms with E-state index >= 15 is 0 Å². The van der Waals surface area contributed by atoms with Gasteiger partial charge in [-0.05, 0) is 18.2 Å². The smallest absolute Gasteiger partial charge is 0.276 e. The lowest BCUT2D eigenvalue weighted by molar-refractivity contribution is 0.102. The van der Waals surface area contributed by atoms with Gasteiger partial charge in [0.1, 0.15) is 6.33 Å². The second-order valence-electron chi connectivity index (χ2n) is 4.99. The molecule has 2 aromatic carbocycles. The molecule has 0 saturated heterocycles. The molecule has 1 amide bonds. The predicted octanol–water partition coefficient (Wildman–Crippen LogP) is 2.60. The molecule has 0 radical (unpaired) electrons. The number of carbonyl (C=O) groups is 1. The number of para-hydroxylation sites is 1. The van der Waals surface area contributed by atoms with Crippen molar-refractivity contribution in [3.8, 4) is 11.4 Å². The van der Waals surface area contributed by atoms with Gasteiger partial charge in [-0.25, -0.2) is 4.98 Å². The second-order valence-corrected chi connectivity index (χ2v) is 4.99. The Hall–Kier alpha value is -3.48. The Labute approximate surface area is 130 Å². The lowest BCUT2D eigenvalue weighted by Crippen LogP contribution is -2.12. The highest BCUT2D eigenvalue weighted by molar-refractivity contribution is 6.11. The van der Waals surface area contributed by atoms with Crippen LogP contribution in [0.3, 0.4) is 0 Å². The highest BCUT2D eigenvalue weighted by atomic mass is 16.1. The Morgan fingerprint density at radius 3 is 2.83 bits per heavy atom. The number of carbonyl (C=O) groups excluding carboxylic acids is 1. The molecule has 4 aromatic rings. The normalized spacial score (nSPS) is 10.8. The van der Waals surface area contributed by atoms with Gasteiger partial charge in [0.25, 0.3) is 5.91 Å². The molecule has 7 heteroatoms. The highest BCUT2D eigenvalue weighted by Crippen LogP contribution is 2.20. The van der Waals surface area contributed by atoms with Gasteiger partial charge >= 0.3 is 0 Å². The highest BCUT2D eigenvalue weighted by Gasteiger charge is 2.14. The maximum absolute atomic E-state index is 12.5. The Morgan fingerprint density at radius 1 is 1.04 bits per heavy atom. The Balaban J connectivity index is 1.63. The van der Waals surface area contributed by atoms with Crippen LogP contribution in [0.25, 0.3) is 22.3 Å². The van der Waals surface area contributed by atoms with E-state index in [1.807, 2.05) is 48.5 Å². The minimum absolute atomic E-state index is 0.267. The SMILES string of the molecule is O=C(Nc1cccc(-c2ncn[nH]2)c1)c1n[nH]c2ccccc12. The first-order valence-corrected chi connectivity index (χ1v) is 7.01. The number of nitrogens with zero attached hydrogens (tertiary/aromatic N) is 3. The zero-order chi connectivity index (χ0) is 15.6. The monoisotopic (exact) mass is 304 g/mol. The zero-order valence-corrected chi connectivity index (χ0v) is 11.9. The summed E-state index contributed by atoms with van der Waals surface area (Å²) >= 11 is 0. The molecule has 0 atom stereocenters. The summed E-state index contributed by atoms with van der Waals surface area (Å²) in [6, 6.07) is 14.9. The molecule has 4 rings (SSSR count). The van der Waals surface area contributed by atoms with Crippen LogP contribution < -0.4 is 5.32 Å². The van der Waals surface area contributed by atoms with Crippen molar-refractivity contribution in [3.05, 3.63) is 60.6 Å². The van der Waals surface area contributed by atoms with Crippen LogP contribution in [0.4, 0.5) is 5.69 Å². The van der Waals surface area contributed by atoms with Crippen molar-refractivity contribution in [2.45, 2.75) is 0 Å². The lowest BCUT2D eigenvalue weighted by Gasteiger charge is -2.05. The number of nitrogens with one attached hydrogen (secondary N) is 3. The van der Waals surface area contributed by atoms with Crippen LogP contribution in [-0.2, 0) is 0 Å². The Bertz CT molecular complexity index is 973. The van der Waals surface area contributed by atoms with Gasteiger partial charge < -0.3 is 5.32 Å². The van der Waals surface area contributed by atoms with Crippen molar-refractivity contribution in [2.75, 3.05) is 5.32 Å². The van der Waals surface area contributed by atoms with Crippen molar-refractivity contribution in [2.24, 2.45) is 0 Å². The van der Waals surface area contributed by atoms with Gasteiger partial charge in [-0.2, -0.15) is 10.2 Å². The number of anilines is 1. The molecule has 3 N–H and O–H groups in total. The molecule has 23 heavy (non-hydrogen) atoms. The van der Waals surface area contributed by atoms with Crippen LogP contribution in [0.5, 0.6) is 0 Å². The first kappa shape index (κ1) is 13.2. The first-order valence-electron chi connectivity index (χ1n) is 7.01. The quantitative estimate of drug-likeness (QED) is 0.541. The number of aromatic nitrogens is 5. The van der Waals surface area contributed by atoms with Gasteiger partial charge in [-0.3, -0.25) is 15.0 Å². The van der Waals surface area contributed by atoms with Crippen LogP contribution in [0, 0.1) is 0 Å². The molecule has 0 fully saturated rings. The lowest BCUT2D eigenvalue weighted by atomic mass is 10.1. The van der Waals surface area contributed by atoms with E-state index in [2.05, 4.69) is 30.7 Å². The number of amides is 1. The Kier molecular flexibility index (Phi) is 3.09. The average Bonchev–Trinajstić information content (AvgIpc) is 3.25. The molecule has 0 aliphatic heterocycles. The molecule has 0 spiro atoms. The van der Waals surface area contributed by atoms with Crippen LogP contribution >= 0.6 is 0 Å². The van der Waals surface area contributed by atoms with Crippen LogP contribution in [0.2, 0.25) is 0 Å². The van der Waals surface area contributed by atoms with E-state index in [1.165, 1.54) is 6.33 Å². The average molecular weight is 304 g/mol. The van der Waals surface area contributed by atoms with Crippen molar-refractivity contribution in [1.29, 1.82) is 0 Å². The summed E-state index contributed by atoms with van der Waals surface area (Å²) in [4.78, 5) is 16.6. The summed E-state index contributed by atoms with van der Waals surface area (Å²) in [5, 5.41) is 17.2. The molecule has 2 aromatic heterocycles. The maximum atomic E-state index is 12.5. The van der Waals surface area contributed by atoms with Crippen LogP contribution in [0.15, 0.2) is 54.9 Å². The molecule has 0 saturated carbocycles. The van der Waals surface area contributed by atoms with Crippen molar-refractivity contribution in [1.82, 2.24) is 25.4 Å². The van der Waals surface area contributed by atoms with Gasteiger partial charge in [-0.15, -0.1) is 0 Å². The second kappa shape index (κ2) is 5.38. The number of hydrogen-bond acceptors (Lipinski definition) is 4. The van der Waals surface area contributed by atoms with Gasteiger partial charge in [0.2, 0.25) is 0 Å². The van der Waals surface area contributed by atoms with E-state index < -0.39 is 0 Å². The molecular weight excluding hydrogens is 292 g/mol. The predicted molar refractivity (Wildman–Crippen MR) is 85.9 cm³/mol. The third-order valence-corrected chi connectivity index (χ3v) is 3.49. The van der Waals surface area contributed by atoms with E-state index in [-0.39, 0.29) is 5.91 Å². The third-order valence-electron chi connectivity index (χ3n) is 3.49. The standard InChI is InChI=1S/C16H12N6O/c23-16(14-12-6-1-2-7-13(12)20-21-14)19-11-5-3-4-10(8-11)15-17-9-18-22-15/h1-9H,(H,19,23)(H,20,21)(H,17,18,22). The molecule has 7 nitrogen and oxygen atoms in total. The molecule has 2 heterocycles. The zero-order valence-electron chi connectivity index (χ0n) is 11.9. The van der Waals surface area contributed by atoms with E-state index in [9.17, 15) is 4.79 Å². The minimum Gasteiger partial charge on any atom is -0.321 e. The fourth-order valence-corrected chi connectivity index (χ4v) is 2.42. The molecule has 0 bridgehead atoms. The van der Waals surface area contributed by atoms with Crippen LogP contribution in [0.1, 0.15) is 10.5 Å². The number of aromatic amines is 2. The molecule has 0 aliphatic rings. The number of fused-ring (bicyclic) bond motifs is 1. The van der Waals surface area contributed by atoms with Gasteiger partial charge in [0, 0.05) is 16.6 Å². The fraction of sp³-hybridized carbons (Fsp3) is 0. The summed E-state index contributed by atoms with van der Waals surface area (Å²) in [7, 11) is 0. The van der Waals surface area contributed by atoms with Gasteiger partial charge in [0.15, 0.2) is 11.5 Å². The summed E-state index contributed by atoms with van der Waals surface area (Å²) in [5.74, 6) is 0.378. The number of hydrogen-bond donors (Lipinski definition) is 3. The van der Waals surface area contributed by atoms with E-state index in [0.717, 1.165) is 16.5 Å². The number of H-pyrrole nitrogens is 2. The van der Waals surface area contributed by atoms with Gasteiger partial charge in [0.05, 0.1) is 5.52 Å². The topological polar surface area (TPSA) is 99.3 Å². The fourth-order valence-electron chi connectivity index (χ4n) is 2.42. The van der Waals surface area contributed by atoms with E-state index in [0.29, 0.717) is 17.2 Å². The first-order chi connectivity index (χ1) is 11.3. The van der Waals surface area contributed by atoms with Gasteiger partial charge in [-0.1, -0.05) is 30.3 Å². The maximum Gasteiger partial charge on any atom is 0.276 e. The summed E-state index contributed by atoms with van der Waals surface area (Å²) < 4.78 is 0. The molecular formula is C16H12N6O. The summed E-state index contributed by atoms with van der Waals surface area (Å²) in [6.07, 6.45) is 1.44. The Morgan fingerprint density at radius 2 is 1.96 bits per heavy atom. The molecule has 112 valence electrons. The summed E-state index contributed by atoms with van der Waals surface area (Å²) in [5.41, 5.74) is 2.70. The molecule has 0 aliphatic carbocycles. The van der Waals surface area contributed by atoms with Crippen molar-refractivity contribution >= 4 is 22.5 Å². The number of rotatable bonds is 3. The molecule has 0 unspecified atom stereocenters. The van der Waals surface area contributed by atoms with Crippen molar-refractivity contribution < 1.29 is 4.79 Å². The van der Waals surface area contributed by atoms with Crippen molar-refractivity contribution in [3.63, 3.8) is 0 Å². The number of benzene rings is 2. The third kappa shape index (κ3) is 2.44. The van der Waals surface area contributed by atoms with Crippen LogP contribution in [-0.4, -0.2) is 31.3 Å². The summed E-state index contributed by atoms with van der Waals surface area (Å²) in [6.45, 7) is 0. The largest absolute Gasteiger partial charge is 0.321 e. The van der Waals surface area contributed by atoms with E-state index in [4.69, 9.17) is 0 Å².